The molecule has 0 aliphatic rings. The summed E-state index contributed by atoms with van der Waals surface area (Å²) in [6.07, 6.45) is 3.38. The van der Waals surface area contributed by atoms with Crippen LogP contribution in [0.4, 0.5) is 0 Å². The standard InChI is InChI=1S/C18H16N4O/c1-12-11-16(15-5-3-4-6-17(15)20-12)18(23)22-21-13(2)14-7-9-19-10-8-14/h3-11H,1-2H3,(H,22,23)/b21-13-. The third-order valence-electron chi connectivity index (χ3n) is 3.51. The zero-order valence-electron chi connectivity index (χ0n) is 12.9. The Morgan fingerprint density at radius 1 is 1.13 bits per heavy atom. The lowest BCUT2D eigenvalue weighted by molar-refractivity contribution is 0.0956. The van der Waals surface area contributed by atoms with Crippen molar-refractivity contribution in [2.24, 2.45) is 5.10 Å². The van der Waals surface area contributed by atoms with E-state index in [-0.39, 0.29) is 5.91 Å². The molecule has 23 heavy (non-hydrogen) atoms. The molecule has 2 heterocycles. The molecule has 0 spiro atoms. The van der Waals surface area contributed by atoms with E-state index in [1.54, 1.807) is 18.5 Å². The van der Waals surface area contributed by atoms with Crippen molar-refractivity contribution >= 4 is 22.5 Å². The number of benzene rings is 1. The Morgan fingerprint density at radius 2 is 1.87 bits per heavy atom. The Bertz CT molecular complexity index is 888. The molecule has 1 N–H and O–H groups in total. The van der Waals surface area contributed by atoms with Gasteiger partial charge in [-0.25, -0.2) is 5.43 Å². The molecular formula is C18H16N4O. The third kappa shape index (κ3) is 3.23. The Morgan fingerprint density at radius 3 is 2.65 bits per heavy atom. The van der Waals surface area contributed by atoms with Gasteiger partial charge in [-0.3, -0.25) is 14.8 Å². The van der Waals surface area contributed by atoms with Crippen molar-refractivity contribution < 1.29 is 4.79 Å². The number of hydrogen-bond donors (Lipinski definition) is 1. The second-order valence-corrected chi connectivity index (χ2v) is 5.20. The number of rotatable bonds is 3. The van der Waals surface area contributed by atoms with Crippen LogP contribution in [-0.4, -0.2) is 21.6 Å². The molecule has 1 amide bonds. The molecule has 0 fully saturated rings. The van der Waals surface area contributed by atoms with Crippen molar-refractivity contribution in [3.05, 3.63) is 71.7 Å². The molecular weight excluding hydrogens is 288 g/mol. The summed E-state index contributed by atoms with van der Waals surface area (Å²) in [4.78, 5) is 20.9. The van der Waals surface area contributed by atoms with E-state index in [0.717, 1.165) is 27.9 Å². The molecule has 0 aliphatic heterocycles. The lowest BCUT2D eigenvalue weighted by Gasteiger charge is -2.07. The number of hydrogen-bond acceptors (Lipinski definition) is 4. The van der Waals surface area contributed by atoms with Crippen molar-refractivity contribution in [2.45, 2.75) is 13.8 Å². The topological polar surface area (TPSA) is 67.2 Å². The summed E-state index contributed by atoms with van der Waals surface area (Å²) in [5, 5.41) is 4.99. The maximum absolute atomic E-state index is 12.5. The number of pyridine rings is 2. The molecule has 0 unspecified atom stereocenters. The number of aromatic nitrogens is 2. The van der Waals surface area contributed by atoms with Crippen molar-refractivity contribution in [1.29, 1.82) is 0 Å². The summed E-state index contributed by atoms with van der Waals surface area (Å²) in [6.45, 7) is 3.71. The highest BCUT2D eigenvalue weighted by atomic mass is 16.2. The van der Waals surface area contributed by atoms with E-state index in [1.165, 1.54) is 0 Å². The number of nitrogens with zero attached hydrogens (tertiary/aromatic N) is 3. The molecule has 0 saturated heterocycles. The fourth-order valence-corrected chi connectivity index (χ4v) is 2.35. The normalized spacial score (nSPS) is 11.5. The third-order valence-corrected chi connectivity index (χ3v) is 3.51. The van der Waals surface area contributed by atoms with E-state index < -0.39 is 0 Å². The number of aryl methyl sites for hydroxylation is 1. The Labute approximate surface area is 134 Å². The minimum atomic E-state index is -0.250. The van der Waals surface area contributed by atoms with E-state index >= 15 is 0 Å². The zero-order chi connectivity index (χ0) is 16.2. The van der Waals surface area contributed by atoms with Gasteiger partial charge in [-0.05, 0) is 38.1 Å². The average molecular weight is 304 g/mol. The SMILES string of the molecule is C/C(=N/NC(=O)c1cc(C)nc2ccccc12)c1ccncc1. The van der Waals surface area contributed by atoms with Gasteiger partial charge in [-0.15, -0.1) is 0 Å². The number of carbonyl (C=O) groups excluding carboxylic acids is 1. The van der Waals surface area contributed by atoms with Gasteiger partial charge in [0.2, 0.25) is 0 Å². The summed E-state index contributed by atoms with van der Waals surface area (Å²) < 4.78 is 0. The van der Waals surface area contributed by atoms with Crippen LogP contribution in [0.2, 0.25) is 0 Å². The van der Waals surface area contributed by atoms with E-state index in [0.29, 0.717) is 5.56 Å². The molecule has 0 saturated carbocycles. The van der Waals surface area contributed by atoms with Crippen LogP contribution in [0.5, 0.6) is 0 Å². The smallest absolute Gasteiger partial charge is 0.267 e. The summed E-state index contributed by atoms with van der Waals surface area (Å²) in [5.74, 6) is -0.250. The number of carbonyl (C=O) groups is 1. The van der Waals surface area contributed by atoms with Crippen LogP contribution in [-0.2, 0) is 0 Å². The van der Waals surface area contributed by atoms with Gasteiger partial charge in [0.05, 0.1) is 16.8 Å². The van der Waals surface area contributed by atoms with Gasteiger partial charge in [0.1, 0.15) is 0 Å². The van der Waals surface area contributed by atoms with Gasteiger partial charge in [-0.1, -0.05) is 18.2 Å². The Balaban J connectivity index is 1.90. The molecule has 3 aromatic rings. The summed E-state index contributed by atoms with van der Waals surface area (Å²) in [6, 6.07) is 13.0. The van der Waals surface area contributed by atoms with Gasteiger partial charge in [0.15, 0.2) is 0 Å². The number of amides is 1. The fourth-order valence-electron chi connectivity index (χ4n) is 2.35. The second-order valence-electron chi connectivity index (χ2n) is 5.20. The van der Waals surface area contributed by atoms with E-state index in [1.807, 2.05) is 50.2 Å². The number of para-hydroxylation sites is 1. The largest absolute Gasteiger partial charge is 0.272 e. The van der Waals surface area contributed by atoms with E-state index in [4.69, 9.17) is 0 Å². The summed E-state index contributed by atoms with van der Waals surface area (Å²) in [5.41, 5.74) is 6.41. The van der Waals surface area contributed by atoms with E-state index in [2.05, 4.69) is 20.5 Å². The predicted octanol–water partition coefficient (Wildman–Crippen LogP) is 3.09. The Hall–Kier alpha value is -3.08. The van der Waals surface area contributed by atoms with Crippen LogP contribution in [0.1, 0.15) is 28.5 Å². The van der Waals surface area contributed by atoms with Crippen LogP contribution in [0.15, 0.2) is 60.0 Å². The first-order valence-corrected chi connectivity index (χ1v) is 7.26. The number of fused-ring (bicyclic) bond motifs is 1. The first-order valence-electron chi connectivity index (χ1n) is 7.26. The lowest BCUT2D eigenvalue weighted by atomic mass is 10.1. The molecule has 5 heteroatoms. The lowest BCUT2D eigenvalue weighted by Crippen LogP contribution is -2.20. The zero-order valence-corrected chi connectivity index (χ0v) is 12.9. The van der Waals surface area contributed by atoms with Gasteiger partial charge < -0.3 is 0 Å². The van der Waals surface area contributed by atoms with Crippen molar-refractivity contribution in [1.82, 2.24) is 15.4 Å². The molecule has 2 aromatic heterocycles. The highest BCUT2D eigenvalue weighted by Gasteiger charge is 2.11. The minimum absolute atomic E-state index is 0.250. The fraction of sp³-hybridized carbons (Fsp3) is 0.111. The summed E-state index contributed by atoms with van der Waals surface area (Å²) in [7, 11) is 0. The summed E-state index contributed by atoms with van der Waals surface area (Å²) >= 11 is 0. The van der Waals surface area contributed by atoms with Crippen LogP contribution in [0.25, 0.3) is 10.9 Å². The molecule has 3 rings (SSSR count). The second kappa shape index (κ2) is 6.36. The first kappa shape index (κ1) is 14.8. The van der Waals surface area contributed by atoms with Crippen LogP contribution in [0, 0.1) is 6.92 Å². The minimum Gasteiger partial charge on any atom is -0.267 e. The predicted molar refractivity (Wildman–Crippen MR) is 90.4 cm³/mol. The number of nitrogens with one attached hydrogen (secondary N) is 1. The maximum atomic E-state index is 12.5. The maximum Gasteiger partial charge on any atom is 0.272 e. The molecule has 0 atom stereocenters. The highest BCUT2D eigenvalue weighted by molar-refractivity contribution is 6.07. The van der Waals surface area contributed by atoms with Crippen LogP contribution < -0.4 is 5.43 Å². The first-order chi connectivity index (χ1) is 11.1. The molecule has 114 valence electrons. The van der Waals surface area contributed by atoms with Gasteiger partial charge in [-0.2, -0.15) is 5.10 Å². The van der Waals surface area contributed by atoms with Crippen molar-refractivity contribution in [3.8, 4) is 0 Å². The monoisotopic (exact) mass is 304 g/mol. The van der Waals surface area contributed by atoms with Crippen molar-refractivity contribution in [3.63, 3.8) is 0 Å². The van der Waals surface area contributed by atoms with Crippen LogP contribution in [0.3, 0.4) is 0 Å². The van der Waals surface area contributed by atoms with Gasteiger partial charge in [0.25, 0.3) is 5.91 Å². The molecule has 0 aliphatic carbocycles. The average Bonchev–Trinajstić information content (AvgIpc) is 2.59. The van der Waals surface area contributed by atoms with Crippen molar-refractivity contribution in [2.75, 3.05) is 0 Å². The van der Waals surface area contributed by atoms with Gasteiger partial charge in [0, 0.05) is 29.0 Å². The quantitative estimate of drug-likeness (QED) is 0.597. The van der Waals surface area contributed by atoms with E-state index in [9.17, 15) is 4.79 Å². The molecule has 0 radical (unpaired) electrons. The molecule has 5 nitrogen and oxygen atoms in total. The Kier molecular flexibility index (Phi) is 4.10. The number of hydrazone groups is 1. The van der Waals surface area contributed by atoms with Crippen LogP contribution >= 0.6 is 0 Å². The highest BCUT2D eigenvalue weighted by Crippen LogP contribution is 2.18. The molecule has 0 bridgehead atoms. The molecule has 1 aromatic carbocycles. The van der Waals surface area contributed by atoms with Gasteiger partial charge >= 0.3 is 0 Å².